The molecular weight excluding hydrogens is 2210 g/mol. The van der Waals surface area contributed by atoms with Crippen LogP contribution in [0.4, 0.5) is 0 Å². The molecule has 0 heterocycles. The molecule has 0 spiro atoms. The van der Waals surface area contributed by atoms with Crippen LogP contribution >= 0.6 is 0 Å². The molecule has 24 heteroatoms. The third-order valence-corrected chi connectivity index (χ3v) is 1.78. The van der Waals surface area contributed by atoms with Crippen LogP contribution in [-0.2, 0) is 752 Å². The average Bonchev–Trinajstić information content (AvgIpc) is 2.10. The maximum atomic E-state index is 2.24. The number of hydrogen-bond donors (Lipinski definition) is 0. The van der Waals surface area contributed by atoms with Crippen molar-refractivity contribution in [1.29, 1.82) is 0 Å². The summed E-state index contributed by atoms with van der Waals surface area (Å²) in [6.45, 7) is 14.7. The van der Waals surface area contributed by atoms with Gasteiger partial charge in [-0.3, -0.25) is 0 Å². The molecule has 1 atom stereocenters. The largest absolute Gasteiger partial charge is 0.358 e. The maximum absolute atomic E-state index is 2.24. The smallest absolute Gasteiger partial charge is 0.00838 e. The molecule has 0 fully saturated rings. The molecule has 0 saturated heterocycles. The third kappa shape index (κ3) is 194. The van der Waals surface area contributed by atoms with E-state index in [1.54, 1.807) is 0 Å². The summed E-state index contributed by atoms with van der Waals surface area (Å²) < 4.78 is 0. The second-order valence-corrected chi connectivity index (χ2v) is 2.95. The van der Waals surface area contributed by atoms with E-state index in [4.69, 9.17) is 0 Å². The standard InChI is InChI=1S/C7H17N.2C2H6.2CH3.23Y/c1-6(2)7(3)8(4)5;2*1-2;;;;;;;;;;;;;;;;;;;;;;;;;/h6-7H,1-5H3;2*1-2H3;2*1H3;;;;;;;;;;;;;;;;;;;;;;;/q;;;2*-1;;;;;;;;;;;;;;;;;;;;;;;/t7-;;;;;;;;;;;;;;;;;;;;;;;;;;;/m1.........................../s1. The minimum atomic E-state index is 0. The Labute approximate surface area is 817 Å². The summed E-state index contributed by atoms with van der Waals surface area (Å²) in [6.07, 6.45) is 0. The molecule has 0 aromatic rings. The van der Waals surface area contributed by atoms with E-state index >= 15 is 0 Å². The molecule has 37 heavy (non-hydrogen) atoms. The van der Waals surface area contributed by atoms with Crippen molar-refractivity contribution in [3.63, 3.8) is 0 Å². The third-order valence-electron chi connectivity index (χ3n) is 1.78. The Morgan fingerprint density at radius 1 is 0.297 bits per heavy atom. The Balaban J connectivity index is -0.00000000103. The Morgan fingerprint density at radius 2 is 0.378 bits per heavy atom. The van der Waals surface area contributed by atoms with Crippen molar-refractivity contribution in [3.8, 4) is 0 Å². The fourth-order valence-corrected chi connectivity index (χ4v) is 0.596. The Morgan fingerprint density at radius 3 is 0.378 bits per heavy atom. The molecule has 23 radical (unpaired) electrons. The zero-order chi connectivity index (χ0) is 10.7. The van der Waals surface area contributed by atoms with E-state index in [1.165, 1.54) is 0 Å². The minimum Gasteiger partial charge on any atom is -0.358 e. The second-order valence-electron chi connectivity index (χ2n) is 2.95. The van der Waals surface area contributed by atoms with E-state index < -0.39 is 0 Å². The first-order valence-electron chi connectivity index (χ1n) is 5.22. The van der Waals surface area contributed by atoms with Crippen molar-refractivity contribution in [2.75, 3.05) is 14.1 Å². The first kappa shape index (κ1) is 199. The van der Waals surface area contributed by atoms with E-state index in [1.807, 2.05) is 27.7 Å². The fraction of sp³-hybridized carbons (Fsp3) is 0.846. The summed E-state index contributed by atoms with van der Waals surface area (Å²) in [5.41, 5.74) is 0. The summed E-state index contributed by atoms with van der Waals surface area (Å²) in [6, 6.07) is 0.704. The summed E-state index contributed by atoms with van der Waals surface area (Å²) in [7, 11) is 4.23. The van der Waals surface area contributed by atoms with Crippen LogP contribution in [0.3, 0.4) is 0 Å². The fourth-order valence-electron chi connectivity index (χ4n) is 0.596. The zero-order valence-corrected chi connectivity index (χ0v) is 91.2. The quantitative estimate of drug-likeness (QED) is 0.370. The topological polar surface area (TPSA) is 3.24 Å². The van der Waals surface area contributed by atoms with Gasteiger partial charge in [0, 0.05) is 758 Å². The van der Waals surface area contributed by atoms with Gasteiger partial charge in [0.1, 0.15) is 0 Å². The van der Waals surface area contributed by atoms with Crippen molar-refractivity contribution in [2.24, 2.45) is 5.92 Å². The van der Waals surface area contributed by atoms with Gasteiger partial charge in [-0.1, -0.05) is 41.5 Å². The molecule has 0 aromatic carbocycles. The van der Waals surface area contributed by atoms with Crippen LogP contribution in [0.5, 0.6) is 0 Å². The van der Waals surface area contributed by atoms with E-state index in [-0.39, 0.29) is 767 Å². The SMILES string of the molecule is CC.CC.CC(C)[C@@H](C)N(C)C.[CH3-].[CH3-].[Y].[Y].[Y].[Y].[Y].[Y].[Y].[Y].[Y].[Y].[Y].[Y].[Y].[Y].[Y].[Y].[Y].[Y].[Y].[Y].[Y].[Y].[Y]. The van der Waals surface area contributed by atoms with Gasteiger partial charge >= 0.3 is 0 Å². The molecule has 0 unspecified atom stereocenters. The first-order valence-corrected chi connectivity index (χ1v) is 5.22. The summed E-state index contributed by atoms with van der Waals surface area (Å²) in [5.74, 6) is 0.769. The van der Waals surface area contributed by atoms with Crippen LogP contribution in [0.15, 0.2) is 0 Å². The molecule has 0 aliphatic heterocycles. The summed E-state index contributed by atoms with van der Waals surface area (Å²) in [5, 5.41) is 0. The molecule has 0 saturated carbocycles. The minimum absolute atomic E-state index is 0. The summed E-state index contributed by atoms with van der Waals surface area (Å²) in [4.78, 5) is 2.24. The molecule has 0 aliphatic rings. The molecule has 0 rings (SSSR count). The zero-order valence-electron chi connectivity index (χ0n) is 25.9. The van der Waals surface area contributed by atoms with Crippen LogP contribution in [-0.4, -0.2) is 25.0 Å². The van der Waals surface area contributed by atoms with Crippen LogP contribution in [0, 0.1) is 20.8 Å². The van der Waals surface area contributed by atoms with E-state index in [0.717, 1.165) is 5.92 Å². The van der Waals surface area contributed by atoms with Gasteiger partial charge in [-0.2, -0.15) is 0 Å². The van der Waals surface area contributed by atoms with Crippen molar-refractivity contribution in [2.45, 2.75) is 54.5 Å². The summed E-state index contributed by atoms with van der Waals surface area (Å²) >= 11 is 0. The maximum Gasteiger partial charge on any atom is 0.00838 e. The van der Waals surface area contributed by atoms with Crippen molar-refractivity contribution < 1.29 is 752 Å². The van der Waals surface area contributed by atoms with E-state index in [2.05, 4.69) is 39.8 Å². The van der Waals surface area contributed by atoms with Gasteiger partial charge in [0.15, 0.2) is 0 Å². The molecule has 0 amide bonds. The van der Waals surface area contributed by atoms with Gasteiger partial charge in [0.25, 0.3) is 0 Å². The Hall–Kier alpha value is 25.3. The van der Waals surface area contributed by atoms with Crippen molar-refractivity contribution in [1.82, 2.24) is 4.90 Å². The Bertz CT molecular complexity index is 85.7. The predicted octanol–water partition coefficient (Wildman–Crippen LogP) is 4.49. The predicted molar refractivity (Wildman–Crippen MR) is 73.5 cm³/mol. The van der Waals surface area contributed by atoms with Gasteiger partial charge in [-0.15, -0.1) is 0 Å². The second kappa shape index (κ2) is 189. The monoisotopic (exact) mass is 2250 g/mol. The van der Waals surface area contributed by atoms with Crippen molar-refractivity contribution in [3.05, 3.63) is 14.9 Å². The number of nitrogens with zero attached hydrogens (tertiary/aromatic N) is 1. The van der Waals surface area contributed by atoms with Crippen molar-refractivity contribution >= 4 is 0 Å². The molecule has 0 N–H and O–H groups in total. The van der Waals surface area contributed by atoms with Gasteiger partial charge < -0.3 is 19.8 Å². The Kier molecular flexibility index (Phi) is 1020. The van der Waals surface area contributed by atoms with Crippen LogP contribution in [0.25, 0.3) is 0 Å². The van der Waals surface area contributed by atoms with Gasteiger partial charge in [0.05, 0.1) is 0 Å². The van der Waals surface area contributed by atoms with E-state index in [9.17, 15) is 0 Å². The molecule has 0 aliphatic carbocycles. The van der Waals surface area contributed by atoms with Crippen LogP contribution in [0.1, 0.15) is 48.5 Å². The van der Waals surface area contributed by atoms with Gasteiger partial charge in [-0.05, 0) is 26.9 Å². The van der Waals surface area contributed by atoms with Gasteiger partial charge in [0.2, 0.25) is 0 Å². The van der Waals surface area contributed by atoms with E-state index in [0.29, 0.717) is 6.04 Å². The average molecular weight is 2250 g/mol. The molecule has 163 valence electrons. The van der Waals surface area contributed by atoms with Crippen LogP contribution < -0.4 is 0 Å². The van der Waals surface area contributed by atoms with Crippen LogP contribution in [0.2, 0.25) is 0 Å². The molecule has 0 aromatic heterocycles. The molecular formula is C13H35NY23-2. The number of rotatable bonds is 2. The molecule has 1 nitrogen and oxygen atoms in total. The normalized spacial score (nSPS) is 3.65. The van der Waals surface area contributed by atoms with Gasteiger partial charge in [-0.25, -0.2) is 0 Å². The first-order chi connectivity index (χ1) is 5.55. The number of hydrogen-bond acceptors (Lipinski definition) is 1. The molecule has 0 bridgehead atoms.